The van der Waals surface area contributed by atoms with Gasteiger partial charge in [0.2, 0.25) is 0 Å². The fourth-order valence-electron chi connectivity index (χ4n) is 2.59. The second-order valence-corrected chi connectivity index (χ2v) is 5.63. The van der Waals surface area contributed by atoms with Crippen molar-refractivity contribution in [1.29, 1.82) is 0 Å². The SMILES string of the molecule is c1ccc(C2CSC2)c(C2CCNC2)c1. The van der Waals surface area contributed by atoms with Gasteiger partial charge in [0, 0.05) is 24.0 Å². The van der Waals surface area contributed by atoms with E-state index in [0.717, 1.165) is 11.8 Å². The number of rotatable bonds is 2. The third kappa shape index (κ3) is 1.81. The van der Waals surface area contributed by atoms with E-state index in [1.807, 2.05) is 0 Å². The van der Waals surface area contributed by atoms with E-state index in [9.17, 15) is 0 Å². The summed E-state index contributed by atoms with van der Waals surface area (Å²) in [7, 11) is 0. The van der Waals surface area contributed by atoms with Crippen LogP contribution in [0.2, 0.25) is 0 Å². The summed E-state index contributed by atoms with van der Waals surface area (Å²) < 4.78 is 0. The Morgan fingerprint density at radius 1 is 1.07 bits per heavy atom. The van der Waals surface area contributed by atoms with Crippen molar-refractivity contribution in [2.75, 3.05) is 24.6 Å². The standard InChI is InChI=1S/C13H17NS/c1-2-4-13(11-8-15-9-11)12(3-1)10-5-6-14-7-10/h1-4,10-11,14H,5-9H2. The molecule has 0 radical (unpaired) electrons. The van der Waals surface area contributed by atoms with Gasteiger partial charge in [0.15, 0.2) is 0 Å². The number of nitrogens with one attached hydrogen (secondary N) is 1. The van der Waals surface area contributed by atoms with Gasteiger partial charge in [-0.05, 0) is 30.0 Å². The van der Waals surface area contributed by atoms with Crippen LogP contribution in [-0.2, 0) is 0 Å². The fraction of sp³-hybridized carbons (Fsp3) is 0.538. The van der Waals surface area contributed by atoms with Gasteiger partial charge in [0.1, 0.15) is 0 Å². The predicted octanol–water partition coefficient (Wildman–Crippen LogP) is 2.59. The summed E-state index contributed by atoms with van der Waals surface area (Å²) in [6.07, 6.45) is 1.32. The molecule has 3 rings (SSSR count). The minimum Gasteiger partial charge on any atom is -0.316 e. The Morgan fingerprint density at radius 3 is 2.33 bits per heavy atom. The van der Waals surface area contributed by atoms with Gasteiger partial charge >= 0.3 is 0 Å². The zero-order valence-corrected chi connectivity index (χ0v) is 9.72. The summed E-state index contributed by atoms with van der Waals surface area (Å²) in [6, 6.07) is 9.08. The van der Waals surface area contributed by atoms with E-state index in [0.29, 0.717) is 0 Å². The zero-order chi connectivity index (χ0) is 10.1. The molecule has 0 spiro atoms. The Morgan fingerprint density at radius 2 is 1.80 bits per heavy atom. The van der Waals surface area contributed by atoms with Gasteiger partial charge in [-0.25, -0.2) is 0 Å². The maximum absolute atomic E-state index is 3.47. The summed E-state index contributed by atoms with van der Waals surface area (Å²) in [5, 5.41) is 3.47. The molecule has 2 aliphatic rings. The van der Waals surface area contributed by atoms with E-state index in [2.05, 4.69) is 41.3 Å². The van der Waals surface area contributed by atoms with E-state index < -0.39 is 0 Å². The van der Waals surface area contributed by atoms with Gasteiger partial charge in [0.05, 0.1) is 0 Å². The first-order chi connectivity index (χ1) is 7.45. The molecule has 2 saturated heterocycles. The smallest absolute Gasteiger partial charge is 0.00226 e. The van der Waals surface area contributed by atoms with E-state index in [-0.39, 0.29) is 0 Å². The lowest BCUT2D eigenvalue weighted by Gasteiger charge is -2.28. The van der Waals surface area contributed by atoms with Crippen LogP contribution in [0.1, 0.15) is 29.4 Å². The first kappa shape index (κ1) is 9.73. The Balaban J connectivity index is 1.90. The van der Waals surface area contributed by atoms with Crippen LogP contribution in [0.5, 0.6) is 0 Å². The molecule has 2 aliphatic heterocycles. The summed E-state index contributed by atoms with van der Waals surface area (Å²) >= 11 is 2.08. The minimum atomic E-state index is 0.770. The molecule has 2 heterocycles. The lowest BCUT2D eigenvalue weighted by molar-refractivity contribution is 0.728. The molecule has 0 bridgehead atoms. The van der Waals surface area contributed by atoms with Crippen molar-refractivity contribution in [3.05, 3.63) is 35.4 Å². The van der Waals surface area contributed by atoms with Crippen LogP contribution in [0.4, 0.5) is 0 Å². The van der Waals surface area contributed by atoms with Crippen molar-refractivity contribution in [2.45, 2.75) is 18.3 Å². The largest absolute Gasteiger partial charge is 0.316 e. The van der Waals surface area contributed by atoms with E-state index >= 15 is 0 Å². The summed E-state index contributed by atoms with van der Waals surface area (Å²) in [4.78, 5) is 0. The molecule has 1 N–H and O–H groups in total. The Kier molecular flexibility index (Phi) is 2.72. The van der Waals surface area contributed by atoms with Crippen molar-refractivity contribution >= 4 is 11.8 Å². The van der Waals surface area contributed by atoms with Crippen LogP contribution in [0.3, 0.4) is 0 Å². The van der Waals surface area contributed by atoms with Gasteiger partial charge in [-0.3, -0.25) is 0 Å². The molecule has 1 nitrogen and oxygen atoms in total. The first-order valence-electron chi connectivity index (χ1n) is 5.82. The summed E-state index contributed by atoms with van der Waals surface area (Å²) in [6.45, 7) is 2.37. The van der Waals surface area contributed by atoms with Crippen molar-refractivity contribution in [2.24, 2.45) is 0 Å². The lowest BCUT2D eigenvalue weighted by atomic mass is 9.88. The second kappa shape index (κ2) is 4.18. The van der Waals surface area contributed by atoms with Gasteiger partial charge in [-0.1, -0.05) is 24.3 Å². The van der Waals surface area contributed by atoms with Crippen molar-refractivity contribution in [3.8, 4) is 0 Å². The van der Waals surface area contributed by atoms with Gasteiger partial charge in [0.25, 0.3) is 0 Å². The zero-order valence-electron chi connectivity index (χ0n) is 8.91. The molecule has 15 heavy (non-hydrogen) atoms. The molecule has 80 valence electrons. The Hall–Kier alpha value is -0.470. The second-order valence-electron chi connectivity index (χ2n) is 4.55. The molecular weight excluding hydrogens is 202 g/mol. The average Bonchev–Trinajstić information content (AvgIpc) is 2.69. The maximum Gasteiger partial charge on any atom is 0.00226 e. The molecule has 0 aromatic heterocycles. The van der Waals surface area contributed by atoms with Crippen LogP contribution in [0.15, 0.2) is 24.3 Å². The number of thioether (sulfide) groups is 1. The fourth-order valence-corrected chi connectivity index (χ4v) is 3.42. The molecule has 1 unspecified atom stereocenters. The lowest BCUT2D eigenvalue weighted by Crippen LogP contribution is -2.19. The number of hydrogen-bond donors (Lipinski definition) is 1. The highest BCUT2D eigenvalue weighted by Gasteiger charge is 2.26. The van der Waals surface area contributed by atoms with Gasteiger partial charge < -0.3 is 5.32 Å². The molecule has 1 atom stereocenters. The molecule has 0 amide bonds. The highest BCUT2D eigenvalue weighted by Crippen LogP contribution is 2.38. The van der Waals surface area contributed by atoms with E-state index in [1.54, 1.807) is 11.1 Å². The Bertz CT molecular complexity index is 340. The van der Waals surface area contributed by atoms with Crippen molar-refractivity contribution in [3.63, 3.8) is 0 Å². The normalized spacial score (nSPS) is 26.5. The highest BCUT2D eigenvalue weighted by molar-refractivity contribution is 8.00. The molecule has 2 heteroatoms. The van der Waals surface area contributed by atoms with Crippen LogP contribution < -0.4 is 5.32 Å². The molecule has 0 saturated carbocycles. The van der Waals surface area contributed by atoms with Gasteiger partial charge in [-0.15, -0.1) is 0 Å². The highest BCUT2D eigenvalue weighted by atomic mass is 32.2. The van der Waals surface area contributed by atoms with Crippen molar-refractivity contribution < 1.29 is 0 Å². The average molecular weight is 219 g/mol. The minimum absolute atomic E-state index is 0.770. The summed E-state index contributed by atoms with van der Waals surface area (Å²) in [5.74, 6) is 4.27. The molecule has 0 aliphatic carbocycles. The van der Waals surface area contributed by atoms with Crippen LogP contribution in [0.25, 0.3) is 0 Å². The quantitative estimate of drug-likeness (QED) is 0.820. The molecule has 1 aromatic rings. The van der Waals surface area contributed by atoms with Crippen LogP contribution >= 0.6 is 11.8 Å². The van der Waals surface area contributed by atoms with Crippen LogP contribution in [-0.4, -0.2) is 24.6 Å². The topological polar surface area (TPSA) is 12.0 Å². The molecule has 2 fully saturated rings. The third-order valence-corrected chi connectivity index (χ3v) is 4.85. The number of benzene rings is 1. The van der Waals surface area contributed by atoms with Crippen molar-refractivity contribution in [1.82, 2.24) is 5.32 Å². The first-order valence-corrected chi connectivity index (χ1v) is 6.98. The maximum atomic E-state index is 3.47. The molecular formula is C13H17NS. The van der Waals surface area contributed by atoms with Gasteiger partial charge in [-0.2, -0.15) is 11.8 Å². The predicted molar refractivity (Wildman–Crippen MR) is 66.7 cm³/mol. The third-order valence-electron chi connectivity index (χ3n) is 3.57. The van der Waals surface area contributed by atoms with Crippen LogP contribution in [0, 0.1) is 0 Å². The number of hydrogen-bond acceptors (Lipinski definition) is 2. The Labute approximate surface area is 95.6 Å². The van der Waals surface area contributed by atoms with E-state index in [1.165, 1.54) is 31.0 Å². The molecule has 1 aromatic carbocycles. The monoisotopic (exact) mass is 219 g/mol. The summed E-state index contributed by atoms with van der Waals surface area (Å²) in [5.41, 5.74) is 3.25. The van der Waals surface area contributed by atoms with E-state index in [4.69, 9.17) is 0 Å².